The third-order valence-electron chi connectivity index (χ3n) is 10.8. The molecule has 61 heavy (non-hydrogen) atoms. The van der Waals surface area contributed by atoms with Crippen LogP contribution in [0.2, 0.25) is 10.0 Å². The van der Waals surface area contributed by atoms with Gasteiger partial charge in [0.25, 0.3) is 0 Å². The molecule has 2 atom stereocenters. The highest BCUT2D eigenvalue weighted by molar-refractivity contribution is 6.33. The minimum Gasteiger partial charge on any atom is -0.444 e. The summed E-state index contributed by atoms with van der Waals surface area (Å²) < 4.78 is 10.7. The number of anilines is 2. The highest BCUT2D eigenvalue weighted by atomic mass is 35.5. The van der Waals surface area contributed by atoms with Crippen LogP contribution in [0.25, 0.3) is 9.69 Å². The average Bonchev–Trinajstić information content (AvgIpc) is 3.23. The van der Waals surface area contributed by atoms with Gasteiger partial charge in [0, 0.05) is 109 Å². The van der Waals surface area contributed by atoms with Crippen molar-refractivity contribution in [2.24, 2.45) is 0 Å². The van der Waals surface area contributed by atoms with Crippen LogP contribution in [0, 0.1) is 13.1 Å². The number of nitrogens with zero attached hydrogens (tertiary/aromatic N) is 9. The zero-order chi connectivity index (χ0) is 44.9. The Morgan fingerprint density at radius 2 is 1.25 bits per heavy atom. The number of ether oxygens (including phenoxy) is 2. The maximum Gasteiger partial charge on any atom is 0.410 e. The Kier molecular flexibility index (Phi) is 18.3. The van der Waals surface area contributed by atoms with Gasteiger partial charge in [0.1, 0.15) is 28.6 Å². The lowest BCUT2D eigenvalue weighted by Gasteiger charge is -2.47. The molecule has 6 heterocycles. The summed E-state index contributed by atoms with van der Waals surface area (Å²) in [6.45, 7) is 37.5. The zero-order valence-electron chi connectivity index (χ0n) is 37.2. The molecule has 4 fully saturated rings. The Morgan fingerprint density at radius 3 is 1.69 bits per heavy atom. The van der Waals surface area contributed by atoms with Crippen LogP contribution < -0.4 is 15.1 Å². The van der Waals surface area contributed by atoms with Crippen LogP contribution in [-0.2, 0) is 14.3 Å². The number of hydrogen-bond acceptors (Lipinski definition) is 11. The maximum absolute atomic E-state index is 12.3. The van der Waals surface area contributed by atoms with Gasteiger partial charge in [-0.05, 0) is 79.4 Å². The molecule has 6 rings (SSSR count). The van der Waals surface area contributed by atoms with E-state index >= 15 is 0 Å². The van der Waals surface area contributed by atoms with Crippen molar-refractivity contribution in [1.82, 2.24) is 30.0 Å². The monoisotopic (exact) mass is 882 g/mol. The van der Waals surface area contributed by atoms with Gasteiger partial charge in [-0.3, -0.25) is 9.69 Å². The molecule has 0 unspecified atom stereocenters. The van der Waals surface area contributed by atoms with E-state index in [1.165, 1.54) is 0 Å². The van der Waals surface area contributed by atoms with Crippen molar-refractivity contribution in [3.8, 4) is 0 Å². The molecule has 0 aliphatic carbocycles. The minimum atomic E-state index is -0.460. The van der Waals surface area contributed by atoms with Crippen LogP contribution in [0.15, 0.2) is 24.5 Å². The topological polar surface area (TPSA) is 132 Å². The van der Waals surface area contributed by atoms with Crippen LogP contribution in [0.3, 0.4) is 0 Å². The van der Waals surface area contributed by atoms with E-state index in [1.54, 1.807) is 29.4 Å². The molecule has 0 radical (unpaired) electrons. The second kappa shape index (κ2) is 22.6. The number of ketones is 1. The quantitative estimate of drug-likeness (QED) is 0.290. The lowest BCUT2D eigenvalue weighted by atomic mass is 9.98. The van der Waals surface area contributed by atoms with Crippen molar-refractivity contribution in [3.05, 3.63) is 57.4 Å². The number of halogens is 2. The van der Waals surface area contributed by atoms with E-state index in [0.717, 1.165) is 89.7 Å². The number of Topliss-reactive ketones (excluding diaryl/α,β-unsaturated/α-hetero) is 1. The first-order chi connectivity index (χ1) is 28.8. The summed E-state index contributed by atoms with van der Waals surface area (Å²) in [5.41, 5.74) is 0.0327. The third kappa shape index (κ3) is 15.2. The van der Waals surface area contributed by atoms with Gasteiger partial charge in [0.2, 0.25) is 11.4 Å². The molecule has 4 saturated heterocycles. The summed E-state index contributed by atoms with van der Waals surface area (Å²) in [7, 11) is 0. The smallest absolute Gasteiger partial charge is 0.410 e. The highest BCUT2D eigenvalue weighted by Crippen LogP contribution is 2.32. The summed E-state index contributed by atoms with van der Waals surface area (Å²) in [6, 6.07) is 4.75. The lowest BCUT2D eigenvalue weighted by Crippen LogP contribution is -2.59. The van der Waals surface area contributed by atoms with Crippen LogP contribution in [0.4, 0.5) is 32.6 Å². The zero-order valence-corrected chi connectivity index (χ0v) is 38.7. The molecule has 4 aliphatic heterocycles. The van der Waals surface area contributed by atoms with Crippen LogP contribution in [0.5, 0.6) is 0 Å². The lowest BCUT2D eigenvalue weighted by molar-refractivity contribution is -0.121. The summed E-state index contributed by atoms with van der Waals surface area (Å²) >= 11 is 12.6. The molecular weight excluding hydrogens is 819 g/mol. The Balaban J connectivity index is 0.000000223. The van der Waals surface area contributed by atoms with Crippen molar-refractivity contribution >= 4 is 64.2 Å². The van der Waals surface area contributed by atoms with E-state index in [0.29, 0.717) is 65.5 Å². The molecule has 0 aromatic carbocycles. The number of aromatic nitrogens is 2. The standard InChI is InChI=1S/C22H32ClN5O2.C12H15ClN4.C10H17NO3/c1-6-17-15-27(20-19(23)13-16(24-5)14-25-20)11-12-28(17)18-7-9-26(10-8-18)21(29)30-22(2,3)4;1-3-9-8-17(5-4-15-9)12-11(13)6-10(14-2)7-16-12;1-10(2,3)14-9(13)11-6-4-8(12)5-7-11/h13-14,17-18H,6-12,15H2,1-4H3;6-7,9,15H,3-5,8H2,1H3;4-7H2,1-3H3/t17-;9-;/m00./s1. The van der Waals surface area contributed by atoms with Crippen molar-refractivity contribution < 1.29 is 23.9 Å². The van der Waals surface area contributed by atoms with Gasteiger partial charge in [0.05, 0.1) is 23.2 Å². The van der Waals surface area contributed by atoms with Gasteiger partial charge >= 0.3 is 12.2 Å². The highest BCUT2D eigenvalue weighted by Gasteiger charge is 2.36. The van der Waals surface area contributed by atoms with E-state index in [4.69, 9.17) is 45.8 Å². The van der Waals surface area contributed by atoms with Crippen LogP contribution in [0.1, 0.15) is 93.9 Å². The fourth-order valence-electron chi connectivity index (χ4n) is 7.60. The molecule has 2 aromatic heterocycles. The second-order valence-electron chi connectivity index (χ2n) is 17.7. The number of likely N-dealkylation sites (tertiary alicyclic amines) is 2. The molecule has 0 spiro atoms. The van der Waals surface area contributed by atoms with Gasteiger partial charge in [-0.25, -0.2) is 29.2 Å². The number of amides is 2. The molecule has 2 aromatic rings. The number of carbonyl (C=O) groups is 3. The first-order valence-corrected chi connectivity index (χ1v) is 22.1. The van der Waals surface area contributed by atoms with E-state index < -0.39 is 11.2 Å². The molecule has 334 valence electrons. The average molecular weight is 884 g/mol. The van der Waals surface area contributed by atoms with E-state index in [1.807, 2.05) is 46.4 Å². The summed E-state index contributed by atoms with van der Waals surface area (Å²) in [5.74, 6) is 1.78. The Morgan fingerprint density at radius 1 is 0.754 bits per heavy atom. The number of nitrogens with one attached hydrogen (secondary N) is 1. The van der Waals surface area contributed by atoms with Gasteiger partial charge < -0.3 is 34.4 Å². The first-order valence-electron chi connectivity index (χ1n) is 21.4. The SMILES string of the molecule is CC(C)(C)OC(=O)N1CCC(=O)CC1.[C-]#[N+]c1cnc(N2CCN(C3CCN(C(=O)OC(C)(C)C)CC3)[C@@H](CC)C2)c(Cl)c1.[C-]#[N+]c1cnc(N2CCN[C@@H](CC)C2)c(Cl)c1. The Labute approximate surface area is 372 Å². The molecule has 4 aliphatic rings. The largest absolute Gasteiger partial charge is 0.444 e. The summed E-state index contributed by atoms with van der Waals surface area (Å²) in [4.78, 5) is 60.7. The van der Waals surface area contributed by atoms with Gasteiger partial charge in [-0.15, -0.1) is 0 Å². The van der Waals surface area contributed by atoms with Crippen molar-refractivity contribution in [3.63, 3.8) is 0 Å². The number of piperazine rings is 2. The molecule has 17 heteroatoms. The van der Waals surface area contributed by atoms with Crippen molar-refractivity contribution in [2.45, 2.75) is 123 Å². The van der Waals surface area contributed by atoms with E-state index in [-0.39, 0.29) is 18.0 Å². The predicted octanol–water partition coefficient (Wildman–Crippen LogP) is 8.65. The fraction of sp³-hybridized carbons (Fsp3) is 0.659. The van der Waals surface area contributed by atoms with E-state index in [2.05, 4.69) is 53.5 Å². The summed E-state index contributed by atoms with van der Waals surface area (Å²) in [5, 5.41) is 4.55. The Hall–Kier alpha value is -4.41. The van der Waals surface area contributed by atoms with Crippen LogP contribution >= 0.6 is 23.2 Å². The van der Waals surface area contributed by atoms with Gasteiger partial charge in [-0.2, -0.15) is 0 Å². The third-order valence-corrected chi connectivity index (χ3v) is 11.3. The molecule has 15 nitrogen and oxygen atoms in total. The first kappa shape index (κ1) is 49.2. The van der Waals surface area contributed by atoms with Crippen molar-refractivity contribution in [2.75, 3.05) is 75.2 Å². The molecule has 0 bridgehead atoms. The molecule has 2 amide bonds. The van der Waals surface area contributed by atoms with Crippen molar-refractivity contribution in [1.29, 1.82) is 0 Å². The van der Waals surface area contributed by atoms with E-state index in [9.17, 15) is 14.4 Å². The van der Waals surface area contributed by atoms with Crippen LogP contribution in [-0.4, -0.2) is 137 Å². The maximum atomic E-state index is 12.3. The number of hydrogen-bond donors (Lipinski definition) is 1. The normalized spacial score (nSPS) is 20.3. The number of carbonyl (C=O) groups excluding carboxylic acids is 3. The van der Waals surface area contributed by atoms with Gasteiger partial charge in [0.15, 0.2) is 0 Å². The Bertz CT molecular complexity index is 1870. The molecular formula is C44H64Cl2N10O5. The van der Waals surface area contributed by atoms with Gasteiger partial charge in [-0.1, -0.05) is 37.0 Å². The fourth-order valence-corrected chi connectivity index (χ4v) is 8.16. The molecule has 0 saturated carbocycles. The second-order valence-corrected chi connectivity index (χ2v) is 18.5. The number of pyridine rings is 2. The predicted molar refractivity (Wildman–Crippen MR) is 241 cm³/mol. The number of rotatable bonds is 5. The minimum absolute atomic E-state index is 0.207. The summed E-state index contributed by atoms with van der Waals surface area (Å²) in [6.07, 6.45) is 7.63. The molecule has 1 N–H and O–H groups in total. The number of piperidine rings is 2.